The van der Waals surface area contributed by atoms with E-state index in [-0.39, 0.29) is 11.7 Å². The number of benzene rings is 3. The minimum atomic E-state index is -0.749. The number of nitro benzene ring substituents is 1. The molecule has 0 radical (unpaired) electrons. The largest absolute Gasteiger partial charge is 0.335 e. The average Bonchev–Trinajstić information content (AvgIpc) is 3.13. The average molecular weight is 431 g/mol. The van der Waals surface area contributed by atoms with Crippen LogP contribution in [0.5, 0.6) is 0 Å². The van der Waals surface area contributed by atoms with Gasteiger partial charge in [-0.2, -0.15) is 0 Å². The Morgan fingerprint density at radius 2 is 1.48 bits per heavy atom. The number of hydrogen-bond acceptors (Lipinski definition) is 6. The minimum absolute atomic E-state index is 0.0524. The van der Waals surface area contributed by atoms with Crippen LogP contribution in [0.4, 0.5) is 11.4 Å². The summed E-state index contributed by atoms with van der Waals surface area (Å²) in [5.74, 6) is 0. The summed E-state index contributed by atoms with van der Waals surface area (Å²) >= 11 is 1.50. The van der Waals surface area contributed by atoms with Crippen LogP contribution < -0.4 is 5.32 Å². The van der Waals surface area contributed by atoms with Crippen molar-refractivity contribution in [2.24, 2.45) is 9.98 Å². The fraction of sp³-hybridized carbons (Fsp3) is 0.167. The van der Waals surface area contributed by atoms with E-state index in [1.807, 2.05) is 36.4 Å². The summed E-state index contributed by atoms with van der Waals surface area (Å²) in [5, 5.41) is 15.8. The lowest BCUT2D eigenvalue weighted by Gasteiger charge is -2.28. The molecule has 1 aliphatic heterocycles. The van der Waals surface area contributed by atoms with Crippen LogP contribution in [-0.4, -0.2) is 21.2 Å². The number of hydrogen-bond donors (Lipinski definition) is 1. The maximum Gasteiger partial charge on any atom is 0.269 e. The van der Waals surface area contributed by atoms with Crippen molar-refractivity contribution in [2.75, 3.05) is 5.32 Å². The van der Waals surface area contributed by atoms with Crippen molar-refractivity contribution in [3.05, 3.63) is 106 Å². The van der Waals surface area contributed by atoms with E-state index in [9.17, 15) is 10.1 Å². The van der Waals surface area contributed by atoms with Gasteiger partial charge in [0.1, 0.15) is 5.04 Å². The zero-order chi connectivity index (χ0) is 21.8. The molecule has 1 N–H and O–H groups in total. The third-order valence-corrected chi connectivity index (χ3v) is 5.84. The SMILES string of the molecule is CC(C)N=C1SC(Nc2ccc([N+](=O)[O-])cc2)=NC1(c1ccccc1)c1ccccc1. The quantitative estimate of drug-likeness (QED) is 0.406. The second-order valence-electron chi connectivity index (χ2n) is 7.42. The highest BCUT2D eigenvalue weighted by Gasteiger charge is 2.45. The van der Waals surface area contributed by atoms with Crippen LogP contribution >= 0.6 is 11.8 Å². The van der Waals surface area contributed by atoms with E-state index in [2.05, 4.69) is 43.4 Å². The topological polar surface area (TPSA) is 79.9 Å². The number of nitro groups is 1. The molecule has 156 valence electrons. The summed E-state index contributed by atoms with van der Waals surface area (Å²) in [5.41, 5.74) is 2.11. The van der Waals surface area contributed by atoms with Crippen molar-refractivity contribution in [2.45, 2.75) is 25.4 Å². The molecule has 0 bridgehead atoms. The van der Waals surface area contributed by atoms with Gasteiger partial charge in [-0.1, -0.05) is 60.7 Å². The second kappa shape index (κ2) is 8.73. The fourth-order valence-electron chi connectivity index (χ4n) is 3.49. The molecule has 0 aliphatic carbocycles. The molecule has 1 heterocycles. The maximum absolute atomic E-state index is 10.9. The molecule has 6 nitrogen and oxygen atoms in total. The molecule has 0 unspecified atom stereocenters. The van der Waals surface area contributed by atoms with Crippen molar-refractivity contribution in [1.82, 2.24) is 0 Å². The number of anilines is 1. The predicted octanol–water partition coefficient (Wildman–Crippen LogP) is 5.86. The first-order valence-corrected chi connectivity index (χ1v) is 10.8. The van der Waals surface area contributed by atoms with Crippen LogP contribution in [0.15, 0.2) is 94.9 Å². The Kier molecular flexibility index (Phi) is 5.86. The molecule has 3 aromatic carbocycles. The molecule has 0 saturated carbocycles. The van der Waals surface area contributed by atoms with E-state index in [4.69, 9.17) is 9.98 Å². The summed E-state index contributed by atoms with van der Waals surface area (Å²) in [7, 11) is 0. The van der Waals surface area contributed by atoms with Gasteiger partial charge in [0.15, 0.2) is 10.7 Å². The lowest BCUT2D eigenvalue weighted by molar-refractivity contribution is -0.384. The highest BCUT2D eigenvalue weighted by molar-refractivity contribution is 8.27. The highest BCUT2D eigenvalue weighted by Crippen LogP contribution is 2.45. The van der Waals surface area contributed by atoms with E-state index < -0.39 is 10.5 Å². The van der Waals surface area contributed by atoms with Crippen LogP contribution in [0.3, 0.4) is 0 Å². The van der Waals surface area contributed by atoms with Crippen molar-refractivity contribution >= 4 is 33.3 Å². The molecule has 0 saturated heterocycles. The molecule has 1 aliphatic rings. The van der Waals surface area contributed by atoms with Crippen LogP contribution in [0.2, 0.25) is 0 Å². The standard InChI is InChI=1S/C24H22N4O2S/c1-17(2)25-22-24(18-9-5-3-6-10-18,19-11-7-4-8-12-19)27-23(31-22)26-20-13-15-21(16-14-20)28(29)30/h3-17H,1-2H3,(H,26,27). The number of amidine groups is 1. The monoisotopic (exact) mass is 430 g/mol. The molecule has 0 fully saturated rings. The first-order chi connectivity index (χ1) is 15.0. The zero-order valence-electron chi connectivity index (χ0n) is 17.2. The first-order valence-electron chi connectivity index (χ1n) is 9.97. The number of nitrogens with zero attached hydrogens (tertiary/aromatic N) is 3. The molecule has 0 amide bonds. The van der Waals surface area contributed by atoms with Gasteiger partial charge in [-0.3, -0.25) is 15.1 Å². The highest BCUT2D eigenvalue weighted by atomic mass is 32.2. The lowest BCUT2D eigenvalue weighted by Crippen LogP contribution is -2.31. The predicted molar refractivity (Wildman–Crippen MR) is 128 cm³/mol. The molecule has 3 aromatic rings. The minimum Gasteiger partial charge on any atom is -0.335 e. The van der Waals surface area contributed by atoms with Crippen molar-refractivity contribution < 1.29 is 4.92 Å². The van der Waals surface area contributed by atoms with Gasteiger partial charge in [0.2, 0.25) is 0 Å². The second-order valence-corrected chi connectivity index (χ2v) is 8.40. The summed E-state index contributed by atoms with van der Waals surface area (Å²) in [4.78, 5) is 20.6. The molecule has 7 heteroatoms. The number of aliphatic imine (C=N–C) groups is 2. The Balaban J connectivity index is 1.82. The molecule has 0 atom stereocenters. The van der Waals surface area contributed by atoms with E-state index >= 15 is 0 Å². The van der Waals surface area contributed by atoms with Gasteiger partial charge in [0.05, 0.1) is 4.92 Å². The third kappa shape index (κ3) is 4.22. The third-order valence-electron chi connectivity index (χ3n) is 4.86. The van der Waals surface area contributed by atoms with E-state index in [1.165, 1.54) is 23.9 Å². The summed E-state index contributed by atoms with van der Waals surface area (Å²) in [6.07, 6.45) is 0. The van der Waals surface area contributed by atoms with Gasteiger partial charge < -0.3 is 5.32 Å². The first kappa shape index (κ1) is 20.8. The van der Waals surface area contributed by atoms with Gasteiger partial charge >= 0.3 is 0 Å². The Labute approximate surface area is 185 Å². The van der Waals surface area contributed by atoms with Gasteiger partial charge in [-0.05, 0) is 48.9 Å². The van der Waals surface area contributed by atoms with Crippen LogP contribution in [0, 0.1) is 10.1 Å². The molecular weight excluding hydrogens is 408 g/mol. The Morgan fingerprint density at radius 1 is 0.935 bits per heavy atom. The van der Waals surface area contributed by atoms with E-state index in [1.54, 1.807) is 12.1 Å². The van der Waals surface area contributed by atoms with Gasteiger partial charge in [0.25, 0.3) is 5.69 Å². The smallest absolute Gasteiger partial charge is 0.269 e. The Morgan fingerprint density at radius 3 is 1.97 bits per heavy atom. The number of non-ortho nitro benzene ring substituents is 1. The lowest BCUT2D eigenvalue weighted by atomic mass is 9.84. The van der Waals surface area contributed by atoms with Crippen LogP contribution in [-0.2, 0) is 5.54 Å². The number of nitrogens with one attached hydrogen (secondary N) is 1. The zero-order valence-corrected chi connectivity index (χ0v) is 18.0. The fourth-order valence-corrected chi connectivity index (χ4v) is 4.71. The van der Waals surface area contributed by atoms with E-state index in [0.29, 0.717) is 5.17 Å². The normalized spacial score (nSPS) is 16.4. The van der Waals surface area contributed by atoms with Crippen molar-refractivity contribution in [3.63, 3.8) is 0 Å². The van der Waals surface area contributed by atoms with Crippen molar-refractivity contribution in [3.8, 4) is 0 Å². The van der Waals surface area contributed by atoms with E-state index in [0.717, 1.165) is 21.9 Å². The van der Waals surface area contributed by atoms with Gasteiger partial charge in [0, 0.05) is 23.9 Å². The molecule has 4 rings (SSSR count). The number of rotatable bonds is 5. The summed E-state index contributed by atoms with van der Waals surface area (Å²) in [6.45, 7) is 4.10. The molecule has 31 heavy (non-hydrogen) atoms. The van der Waals surface area contributed by atoms with Crippen LogP contribution in [0.25, 0.3) is 0 Å². The molecule has 0 aromatic heterocycles. The number of thioether (sulfide) groups is 1. The van der Waals surface area contributed by atoms with Gasteiger partial charge in [-0.15, -0.1) is 0 Å². The Hall–Kier alpha value is -3.45. The van der Waals surface area contributed by atoms with Crippen LogP contribution in [0.1, 0.15) is 25.0 Å². The Bertz CT molecular complexity index is 1090. The maximum atomic E-state index is 10.9. The summed E-state index contributed by atoms with van der Waals surface area (Å²) in [6, 6.07) is 26.7. The van der Waals surface area contributed by atoms with Crippen molar-refractivity contribution in [1.29, 1.82) is 0 Å². The molecular formula is C24H22N4O2S. The summed E-state index contributed by atoms with van der Waals surface area (Å²) < 4.78 is 0. The molecule has 0 spiro atoms. The van der Waals surface area contributed by atoms with Gasteiger partial charge in [-0.25, -0.2) is 4.99 Å².